The Balaban J connectivity index is 1.48. The van der Waals surface area contributed by atoms with Crippen molar-refractivity contribution >= 4 is 5.97 Å². The highest BCUT2D eigenvalue weighted by Gasteiger charge is 2.34. The third kappa shape index (κ3) is 2.60. The van der Waals surface area contributed by atoms with Crippen LogP contribution in [-0.4, -0.2) is 24.2 Å². The Labute approximate surface area is 131 Å². The quantitative estimate of drug-likeness (QED) is 0.689. The van der Waals surface area contributed by atoms with Crippen molar-refractivity contribution in [2.24, 2.45) is 5.92 Å². The molecule has 1 aromatic rings. The number of carbonyl (C=O) groups excluding carboxylic acids is 1. The number of hydrogen-bond acceptors (Lipinski definition) is 4. The van der Waals surface area contributed by atoms with E-state index in [4.69, 9.17) is 9.47 Å². The van der Waals surface area contributed by atoms with Crippen LogP contribution in [0.5, 0.6) is 11.5 Å². The molecule has 3 unspecified atom stereocenters. The molecular formula is C18H23NO3. The van der Waals surface area contributed by atoms with Crippen LogP contribution < -0.4 is 14.8 Å². The average molecular weight is 301 g/mol. The molecule has 2 bridgehead atoms. The van der Waals surface area contributed by atoms with Gasteiger partial charge in [0, 0.05) is 18.2 Å². The molecule has 3 aliphatic heterocycles. The van der Waals surface area contributed by atoms with Crippen molar-refractivity contribution in [3.8, 4) is 11.5 Å². The van der Waals surface area contributed by atoms with Crippen molar-refractivity contribution < 1.29 is 14.3 Å². The van der Waals surface area contributed by atoms with E-state index in [-0.39, 0.29) is 18.0 Å². The summed E-state index contributed by atoms with van der Waals surface area (Å²) < 4.78 is 11.6. The summed E-state index contributed by atoms with van der Waals surface area (Å²) >= 11 is 0. The van der Waals surface area contributed by atoms with Gasteiger partial charge in [0.2, 0.25) is 0 Å². The zero-order chi connectivity index (χ0) is 15.1. The smallest absolute Gasteiger partial charge is 0.314 e. The number of benzene rings is 1. The number of hydrogen-bond donors (Lipinski definition) is 1. The minimum absolute atomic E-state index is 0.000637. The molecule has 2 fully saturated rings. The molecule has 4 nitrogen and oxygen atoms in total. The summed E-state index contributed by atoms with van der Waals surface area (Å²) in [6.45, 7) is 2.03. The maximum Gasteiger partial charge on any atom is 0.314 e. The van der Waals surface area contributed by atoms with Gasteiger partial charge in [-0.15, -0.1) is 0 Å². The van der Waals surface area contributed by atoms with E-state index in [2.05, 4.69) is 11.4 Å². The number of carbonyl (C=O) groups is 1. The normalized spacial score (nSPS) is 33.2. The number of nitrogens with one attached hydrogen (secondary N) is 1. The lowest BCUT2D eigenvalue weighted by atomic mass is 9.94. The minimum Gasteiger partial charge on any atom is -0.490 e. The SMILES string of the molecule is CCC1Cc2ccc(OC3CC4CCC(C3)N4)cc2OC1=O. The van der Waals surface area contributed by atoms with Crippen LogP contribution in [0, 0.1) is 5.92 Å². The Bertz CT molecular complexity index is 574. The third-order valence-corrected chi connectivity index (χ3v) is 5.27. The number of fused-ring (bicyclic) bond motifs is 3. The summed E-state index contributed by atoms with van der Waals surface area (Å²) in [4.78, 5) is 11.9. The summed E-state index contributed by atoms with van der Waals surface area (Å²) in [7, 11) is 0. The third-order valence-electron chi connectivity index (χ3n) is 5.27. The van der Waals surface area contributed by atoms with E-state index in [9.17, 15) is 4.79 Å². The molecule has 0 spiro atoms. The standard InChI is InChI=1S/C18H23NO3/c1-2-11-7-12-3-6-15(10-17(12)22-18(11)20)21-16-8-13-4-5-14(9-16)19-13/h3,6,10-11,13-14,16,19H,2,4-5,7-9H2,1H3. The van der Waals surface area contributed by atoms with Crippen LogP contribution in [0.2, 0.25) is 0 Å². The van der Waals surface area contributed by atoms with Gasteiger partial charge < -0.3 is 14.8 Å². The topological polar surface area (TPSA) is 47.6 Å². The molecular weight excluding hydrogens is 278 g/mol. The molecule has 0 amide bonds. The highest BCUT2D eigenvalue weighted by Crippen LogP contribution is 2.35. The molecule has 0 saturated carbocycles. The van der Waals surface area contributed by atoms with Crippen LogP contribution in [0.4, 0.5) is 0 Å². The van der Waals surface area contributed by atoms with Crippen molar-refractivity contribution in [1.82, 2.24) is 5.32 Å². The highest BCUT2D eigenvalue weighted by molar-refractivity contribution is 5.78. The Morgan fingerprint density at radius 3 is 2.77 bits per heavy atom. The zero-order valence-electron chi connectivity index (χ0n) is 13.0. The Morgan fingerprint density at radius 1 is 1.27 bits per heavy atom. The van der Waals surface area contributed by atoms with Crippen molar-refractivity contribution in [3.63, 3.8) is 0 Å². The monoisotopic (exact) mass is 301 g/mol. The van der Waals surface area contributed by atoms with E-state index in [0.29, 0.717) is 17.8 Å². The number of esters is 1. The molecule has 0 radical (unpaired) electrons. The van der Waals surface area contributed by atoms with Gasteiger partial charge in [0.15, 0.2) is 0 Å². The van der Waals surface area contributed by atoms with E-state index in [1.54, 1.807) is 0 Å². The fourth-order valence-electron chi connectivity index (χ4n) is 4.02. The van der Waals surface area contributed by atoms with Crippen LogP contribution >= 0.6 is 0 Å². The summed E-state index contributed by atoms with van der Waals surface area (Å²) in [6, 6.07) is 7.20. The minimum atomic E-state index is -0.105. The fraction of sp³-hybridized carbons (Fsp3) is 0.611. The molecule has 1 aromatic carbocycles. The van der Waals surface area contributed by atoms with Gasteiger partial charge in [-0.25, -0.2) is 0 Å². The first-order chi connectivity index (χ1) is 10.7. The van der Waals surface area contributed by atoms with Gasteiger partial charge in [0.25, 0.3) is 0 Å². The molecule has 1 N–H and O–H groups in total. The molecule has 3 heterocycles. The lowest BCUT2D eigenvalue weighted by Crippen LogP contribution is -2.42. The van der Waals surface area contributed by atoms with E-state index >= 15 is 0 Å². The average Bonchev–Trinajstić information content (AvgIpc) is 2.85. The number of piperidine rings is 1. The van der Waals surface area contributed by atoms with Crippen molar-refractivity contribution in [2.45, 2.75) is 63.6 Å². The van der Waals surface area contributed by atoms with Gasteiger partial charge in [-0.2, -0.15) is 0 Å². The lowest BCUT2D eigenvalue weighted by molar-refractivity contribution is -0.140. The second kappa shape index (κ2) is 5.58. The van der Waals surface area contributed by atoms with Crippen molar-refractivity contribution in [3.05, 3.63) is 23.8 Å². The zero-order valence-corrected chi connectivity index (χ0v) is 13.0. The van der Waals surface area contributed by atoms with E-state index < -0.39 is 0 Å². The first-order valence-corrected chi connectivity index (χ1v) is 8.48. The molecule has 4 rings (SSSR count). The van der Waals surface area contributed by atoms with Gasteiger partial charge in [-0.05, 0) is 50.2 Å². The Hall–Kier alpha value is -1.55. The maximum atomic E-state index is 11.9. The molecule has 4 heteroatoms. The Morgan fingerprint density at radius 2 is 2.05 bits per heavy atom. The molecule has 22 heavy (non-hydrogen) atoms. The fourth-order valence-corrected chi connectivity index (χ4v) is 4.02. The second-order valence-corrected chi connectivity index (χ2v) is 6.85. The van der Waals surface area contributed by atoms with Crippen molar-refractivity contribution in [2.75, 3.05) is 0 Å². The highest BCUT2D eigenvalue weighted by atomic mass is 16.5. The van der Waals surface area contributed by atoms with E-state index in [1.165, 1.54) is 12.8 Å². The lowest BCUT2D eigenvalue weighted by Gasteiger charge is -2.30. The molecule has 3 atom stereocenters. The van der Waals surface area contributed by atoms with Crippen LogP contribution in [-0.2, 0) is 11.2 Å². The van der Waals surface area contributed by atoms with E-state index in [1.807, 2.05) is 19.1 Å². The van der Waals surface area contributed by atoms with Gasteiger partial charge in [-0.1, -0.05) is 13.0 Å². The van der Waals surface area contributed by atoms with Crippen LogP contribution in [0.25, 0.3) is 0 Å². The summed E-state index contributed by atoms with van der Waals surface area (Å²) in [5, 5.41) is 3.62. The molecule has 0 aromatic heterocycles. The van der Waals surface area contributed by atoms with Crippen LogP contribution in [0.3, 0.4) is 0 Å². The summed E-state index contributed by atoms with van der Waals surface area (Å²) in [5.41, 5.74) is 1.11. The van der Waals surface area contributed by atoms with Gasteiger partial charge >= 0.3 is 5.97 Å². The Kier molecular flexibility index (Phi) is 3.57. The summed E-state index contributed by atoms with van der Waals surface area (Å²) in [6.07, 6.45) is 6.57. The van der Waals surface area contributed by atoms with Crippen LogP contribution in [0.15, 0.2) is 18.2 Å². The largest absolute Gasteiger partial charge is 0.490 e. The van der Waals surface area contributed by atoms with Gasteiger partial charge in [-0.3, -0.25) is 4.79 Å². The molecule has 2 saturated heterocycles. The predicted molar refractivity (Wildman–Crippen MR) is 83.2 cm³/mol. The number of ether oxygens (including phenoxy) is 2. The maximum absolute atomic E-state index is 11.9. The van der Waals surface area contributed by atoms with Gasteiger partial charge in [0.05, 0.1) is 5.92 Å². The molecule has 118 valence electrons. The van der Waals surface area contributed by atoms with Crippen LogP contribution in [0.1, 0.15) is 44.6 Å². The first-order valence-electron chi connectivity index (χ1n) is 8.48. The molecule has 3 aliphatic rings. The van der Waals surface area contributed by atoms with Crippen molar-refractivity contribution in [1.29, 1.82) is 0 Å². The first kappa shape index (κ1) is 14.1. The second-order valence-electron chi connectivity index (χ2n) is 6.85. The molecule has 0 aliphatic carbocycles. The van der Waals surface area contributed by atoms with E-state index in [0.717, 1.165) is 37.0 Å². The summed E-state index contributed by atoms with van der Waals surface area (Å²) in [5.74, 6) is 1.41. The van der Waals surface area contributed by atoms with Gasteiger partial charge in [0.1, 0.15) is 17.6 Å². The predicted octanol–water partition coefficient (Wildman–Crippen LogP) is 2.84. The number of rotatable bonds is 3.